The Morgan fingerprint density at radius 2 is 1.52 bits per heavy atom. The second kappa shape index (κ2) is 8.63. The molecule has 3 heteroatoms. The van der Waals surface area contributed by atoms with E-state index in [4.69, 9.17) is 5.10 Å². The van der Waals surface area contributed by atoms with E-state index in [-0.39, 0.29) is 0 Å². The Morgan fingerprint density at radius 1 is 0.880 bits per heavy atom. The van der Waals surface area contributed by atoms with Gasteiger partial charge in [-0.05, 0) is 50.2 Å². The zero-order valence-electron chi connectivity index (χ0n) is 15.2. The minimum atomic E-state index is 1.02. The molecule has 3 aromatic rings. The summed E-state index contributed by atoms with van der Waals surface area (Å²) >= 11 is 0. The second-order valence-electron chi connectivity index (χ2n) is 6.25. The van der Waals surface area contributed by atoms with E-state index in [0.29, 0.717) is 0 Å². The van der Waals surface area contributed by atoms with Gasteiger partial charge >= 0.3 is 0 Å². The SMILES string of the molecule is CCN(CC)CCCc1c(-c2ccccc2)cnn1-c1ccccc1. The van der Waals surface area contributed by atoms with Crippen LogP contribution in [-0.2, 0) is 6.42 Å². The molecule has 130 valence electrons. The molecule has 1 heterocycles. The van der Waals surface area contributed by atoms with Gasteiger partial charge in [-0.3, -0.25) is 0 Å². The van der Waals surface area contributed by atoms with E-state index >= 15 is 0 Å². The highest BCUT2D eigenvalue weighted by Gasteiger charge is 2.14. The molecule has 0 radical (unpaired) electrons. The molecule has 2 aromatic carbocycles. The minimum absolute atomic E-state index is 1.02. The molecule has 0 aliphatic rings. The first-order valence-corrected chi connectivity index (χ1v) is 9.23. The lowest BCUT2D eigenvalue weighted by atomic mass is 10.0. The third kappa shape index (κ3) is 4.18. The Balaban J connectivity index is 1.90. The Hall–Kier alpha value is -2.39. The summed E-state index contributed by atoms with van der Waals surface area (Å²) in [5.74, 6) is 0. The summed E-state index contributed by atoms with van der Waals surface area (Å²) in [7, 11) is 0. The Morgan fingerprint density at radius 3 is 2.16 bits per heavy atom. The average Bonchev–Trinajstić information content (AvgIpc) is 3.10. The van der Waals surface area contributed by atoms with E-state index in [1.165, 1.54) is 16.8 Å². The van der Waals surface area contributed by atoms with Crippen LogP contribution < -0.4 is 0 Å². The van der Waals surface area contributed by atoms with E-state index in [2.05, 4.69) is 78.0 Å². The molecule has 0 amide bonds. The van der Waals surface area contributed by atoms with Gasteiger partial charge in [0.25, 0.3) is 0 Å². The number of hydrogen-bond donors (Lipinski definition) is 0. The number of hydrogen-bond acceptors (Lipinski definition) is 2. The zero-order chi connectivity index (χ0) is 17.5. The molecule has 0 atom stereocenters. The van der Waals surface area contributed by atoms with Crippen LogP contribution in [0, 0.1) is 0 Å². The van der Waals surface area contributed by atoms with Gasteiger partial charge < -0.3 is 4.90 Å². The highest BCUT2D eigenvalue weighted by molar-refractivity contribution is 5.66. The molecular formula is C22H27N3. The molecule has 0 saturated heterocycles. The molecule has 3 rings (SSSR count). The van der Waals surface area contributed by atoms with Crippen LogP contribution in [0.5, 0.6) is 0 Å². The van der Waals surface area contributed by atoms with Crippen molar-refractivity contribution < 1.29 is 0 Å². The number of aromatic nitrogens is 2. The Labute approximate surface area is 150 Å². The van der Waals surface area contributed by atoms with Crippen LogP contribution >= 0.6 is 0 Å². The summed E-state index contributed by atoms with van der Waals surface area (Å²) in [5, 5.41) is 4.70. The summed E-state index contributed by atoms with van der Waals surface area (Å²) < 4.78 is 2.10. The largest absolute Gasteiger partial charge is 0.304 e. The fourth-order valence-electron chi connectivity index (χ4n) is 3.27. The van der Waals surface area contributed by atoms with Gasteiger partial charge in [0.2, 0.25) is 0 Å². The zero-order valence-corrected chi connectivity index (χ0v) is 15.2. The fourth-order valence-corrected chi connectivity index (χ4v) is 3.27. The van der Waals surface area contributed by atoms with Gasteiger partial charge in [0.1, 0.15) is 0 Å². The first-order chi connectivity index (χ1) is 12.3. The van der Waals surface area contributed by atoms with E-state index in [0.717, 1.165) is 38.2 Å². The predicted molar refractivity (Wildman–Crippen MR) is 105 cm³/mol. The van der Waals surface area contributed by atoms with Gasteiger partial charge in [-0.15, -0.1) is 0 Å². The van der Waals surface area contributed by atoms with Crippen molar-refractivity contribution in [2.45, 2.75) is 26.7 Å². The molecule has 0 saturated carbocycles. The fraction of sp³-hybridized carbons (Fsp3) is 0.318. The standard InChI is InChI=1S/C22H27N3/c1-3-24(4-2)17-11-16-22-21(19-12-7-5-8-13-19)18-23-25(22)20-14-9-6-10-15-20/h5-10,12-15,18H,3-4,11,16-17H2,1-2H3. The highest BCUT2D eigenvalue weighted by Crippen LogP contribution is 2.26. The van der Waals surface area contributed by atoms with E-state index < -0.39 is 0 Å². The summed E-state index contributed by atoms with van der Waals surface area (Å²) in [6.45, 7) is 7.81. The van der Waals surface area contributed by atoms with Crippen LogP contribution in [-0.4, -0.2) is 34.3 Å². The number of benzene rings is 2. The summed E-state index contributed by atoms with van der Waals surface area (Å²) in [6.07, 6.45) is 4.17. The maximum absolute atomic E-state index is 4.70. The van der Waals surface area contributed by atoms with Gasteiger partial charge in [0.05, 0.1) is 17.6 Å². The molecule has 0 spiro atoms. The van der Waals surface area contributed by atoms with Crippen LogP contribution in [0.2, 0.25) is 0 Å². The molecule has 0 fully saturated rings. The number of para-hydroxylation sites is 1. The molecule has 0 bridgehead atoms. The summed E-state index contributed by atoms with van der Waals surface area (Å²) in [4.78, 5) is 2.48. The first-order valence-electron chi connectivity index (χ1n) is 9.23. The lowest BCUT2D eigenvalue weighted by molar-refractivity contribution is 0.299. The maximum Gasteiger partial charge on any atom is 0.0649 e. The molecular weight excluding hydrogens is 306 g/mol. The van der Waals surface area contributed by atoms with E-state index in [9.17, 15) is 0 Å². The molecule has 3 nitrogen and oxygen atoms in total. The molecule has 25 heavy (non-hydrogen) atoms. The van der Waals surface area contributed by atoms with Crippen molar-refractivity contribution in [3.05, 3.63) is 72.6 Å². The monoisotopic (exact) mass is 333 g/mol. The smallest absolute Gasteiger partial charge is 0.0649 e. The van der Waals surface area contributed by atoms with Crippen molar-refractivity contribution in [2.75, 3.05) is 19.6 Å². The number of rotatable bonds is 8. The summed E-state index contributed by atoms with van der Waals surface area (Å²) in [5.41, 5.74) is 4.90. The third-order valence-electron chi connectivity index (χ3n) is 4.74. The predicted octanol–water partition coefficient (Wildman–Crippen LogP) is 4.81. The van der Waals surface area contributed by atoms with E-state index in [1.807, 2.05) is 12.3 Å². The van der Waals surface area contributed by atoms with Crippen molar-refractivity contribution in [1.82, 2.24) is 14.7 Å². The lowest BCUT2D eigenvalue weighted by Crippen LogP contribution is -2.24. The van der Waals surface area contributed by atoms with Crippen LogP contribution in [0.3, 0.4) is 0 Å². The summed E-state index contributed by atoms with van der Waals surface area (Å²) in [6, 6.07) is 21.0. The van der Waals surface area contributed by atoms with Gasteiger partial charge in [-0.25, -0.2) is 4.68 Å². The average molecular weight is 333 g/mol. The molecule has 1 aromatic heterocycles. The van der Waals surface area contributed by atoms with Crippen molar-refractivity contribution in [1.29, 1.82) is 0 Å². The molecule has 0 unspecified atom stereocenters. The minimum Gasteiger partial charge on any atom is -0.304 e. The van der Waals surface area contributed by atoms with Crippen molar-refractivity contribution in [3.8, 4) is 16.8 Å². The topological polar surface area (TPSA) is 21.1 Å². The number of nitrogens with zero attached hydrogens (tertiary/aromatic N) is 3. The van der Waals surface area contributed by atoms with Gasteiger partial charge in [0, 0.05) is 5.56 Å². The molecule has 0 N–H and O–H groups in total. The van der Waals surface area contributed by atoms with Crippen LogP contribution in [0.1, 0.15) is 26.0 Å². The van der Waals surface area contributed by atoms with Gasteiger partial charge in [0.15, 0.2) is 0 Å². The van der Waals surface area contributed by atoms with Crippen molar-refractivity contribution in [2.24, 2.45) is 0 Å². The van der Waals surface area contributed by atoms with Crippen LogP contribution in [0.4, 0.5) is 0 Å². The highest BCUT2D eigenvalue weighted by atomic mass is 15.3. The van der Waals surface area contributed by atoms with Crippen molar-refractivity contribution >= 4 is 0 Å². The van der Waals surface area contributed by atoms with Crippen molar-refractivity contribution in [3.63, 3.8) is 0 Å². The Bertz CT molecular complexity index is 701. The maximum atomic E-state index is 4.70. The van der Waals surface area contributed by atoms with Crippen LogP contribution in [0.25, 0.3) is 16.8 Å². The normalized spacial score (nSPS) is 11.2. The third-order valence-corrected chi connectivity index (χ3v) is 4.74. The van der Waals surface area contributed by atoms with Gasteiger partial charge in [-0.2, -0.15) is 5.10 Å². The van der Waals surface area contributed by atoms with Crippen LogP contribution in [0.15, 0.2) is 66.9 Å². The van der Waals surface area contributed by atoms with Gasteiger partial charge in [-0.1, -0.05) is 62.4 Å². The molecule has 0 aliphatic heterocycles. The second-order valence-corrected chi connectivity index (χ2v) is 6.25. The quantitative estimate of drug-likeness (QED) is 0.589. The molecule has 0 aliphatic carbocycles. The first kappa shape index (κ1) is 17.4. The van der Waals surface area contributed by atoms with E-state index in [1.54, 1.807) is 0 Å². The Kier molecular flexibility index (Phi) is 6.02. The lowest BCUT2D eigenvalue weighted by Gasteiger charge is -2.18.